The zero-order valence-corrected chi connectivity index (χ0v) is 10.9. The maximum absolute atomic E-state index is 11.7. The second-order valence-electron chi connectivity index (χ2n) is 5.16. The first-order valence-electron chi connectivity index (χ1n) is 6.59. The molecule has 2 N–H and O–H groups in total. The Bertz CT molecular complexity index is 484. The molecule has 4 heteroatoms. The van der Waals surface area contributed by atoms with Crippen LogP contribution < -0.4 is 5.32 Å². The van der Waals surface area contributed by atoms with E-state index in [0.29, 0.717) is 24.9 Å². The monoisotopic (exact) mass is 258 g/mol. The highest BCUT2D eigenvalue weighted by Crippen LogP contribution is 2.30. The van der Waals surface area contributed by atoms with Crippen LogP contribution in [0.5, 0.6) is 0 Å². The quantitative estimate of drug-likeness (QED) is 0.841. The summed E-state index contributed by atoms with van der Waals surface area (Å²) in [5.74, 6) is -0.0373. The molecule has 2 rings (SSSR count). The van der Waals surface area contributed by atoms with Crippen LogP contribution >= 0.6 is 0 Å². The molecule has 0 saturated heterocycles. The fourth-order valence-electron chi connectivity index (χ4n) is 2.12. The number of nitrogens with zero attached hydrogens (tertiary/aromatic N) is 1. The third-order valence-corrected chi connectivity index (χ3v) is 3.62. The number of nitrogens with one attached hydrogen (secondary N) is 1. The van der Waals surface area contributed by atoms with Crippen LogP contribution in [0.3, 0.4) is 0 Å². The molecule has 1 amide bonds. The predicted molar refractivity (Wildman–Crippen MR) is 71.3 cm³/mol. The van der Waals surface area contributed by atoms with Gasteiger partial charge in [0.1, 0.15) is 0 Å². The number of aliphatic hydroxyl groups is 1. The average molecular weight is 258 g/mol. The summed E-state index contributed by atoms with van der Waals surface area (Å²) in [4.78, 5) is 11.7. The summed E-state index contributed by atoms with van der Waals surface area (Å²) >= 11 is 0. The molecule has 0 bridgehead atoms. The van der Waals surface area contributed by atoms with Crippen molar-refractivity contribution >= 4 is 5.91 Å². The molecule has 1 aliphatic rings. The number of aryl methyl sites for hydroxylation is 1. The van der Waals surface area contributed by atoms with Crippen molar-refractivity contribution in [2.24, 2.45) is 0 Å². The molecule has 1 fully saturated rings. The highest BCUT2D eigenvalue weighted by Gasteiger charge is 2.34. The van der Waals surface area contributed by atoms with Crippen LogP contribution in [0.25, 0.3) is 0 Å². The van der Waals surface area contributed by atoms with Crippen LogP contribution in [-0.4, -0.2) is 23.2 Å². The van der Waals surface area contributed by atoms with Gasteiger partial charge in [0.05, 0.1) is 17.2 Å². The second kappa shape index (κ2) is 5.85. The van der Waals surface area contributed by atoms with E-state index in [1.807, 2.05) is 12.1 Å². The Labute approximate surface area is 113 Å². The van der Waals surface area contributed by atoms with Crippen molar-refractivity contribution in [2.75, 3.05) is 6.54 Å². The van der Waals surface area contributed by atoms with Crippen LogP contribution in [0.1, 0.15) is 36.8 Å². The molecular formula is C15H18N2O2. The van der Waals surface area contributed by atoms with E-state index < -0.39 is 5.60 Å². The smallest absolute Gasteiger partial charge is 0.220 e. The normalized spacial score (nSPS) is 16.2. The minimum absolute atomic E-state index is 0.0373. The molecule has 0 aliphatic heterocycles. The number of nitriles is 1. The maximum atomic E-state index is 11.7. The average Bonchev–Trinajstić information content (AvgIpc) is 2.41. The highest BCUT2D eigenvalue weighted by atomic mass is 16.3. The van der Waals surface area contributed by atoms with Gasteiger partial charge in [0.15, 0.2) is 0 Å². The Hall–Kier alpha value is -1.86. The minimum atomic E-state index is -0.663. The van der Waals surface area contributed by atoms with Crippen LogP contribution in [0.2, 0.25) is 0 Å². The molecular weight excluding hydrogens is 240 g/mol. The van der Waals surface area contributed by atoms with E-state index in [9.17, 15) is 9.90 Å². The van der Waals surface area contributed by atoms with Crippen LogP contribution in [-0.2, 0) is 11.2 Å². The Morgan fingerprint density at radius 2 is 2.05 bits per heavy atom. The molecule has 100 valence electrons. The van der Waals surface area contributed by atoms with Crippen LogP contribution in [0.15, 0.2) is 24.3 Å². The Balaban J connectivity index is 1.72. The van der Waals surface area contributed by atoms with Gasteiger partial charge in [0, 0.05) is 13.0 Å². The minimum Gasteiger partial charge on any atom is -0.388 e. The lowest BCUT2D eigenvalue weighted by Gasteiger charge is -2.36. The lowest BCUT2D eigenvalue weighted by atomic mass is 9.80. The molecule has 0 heterocycles. The molecule has 1 saturated carbocycles. The molecule has 0 atom stereocenters. The van der Waals surface area contributed by atoms with Gasteiger partial charge in [-0.05, 0) is 43.4 Å². The van der Waals surface area contributed by atoms with Gasteiger partial charge in [0.2, 0.25) is 5.91 Å². The summed E-state index contributed by atoms with van der Waals surface area (Å²) in [6.07, 6.45) is 3.65. The molecule has 4 nitrogen and oxygen atoms in total. The predicted octanol–water partition coefficient (Wildman–Crippen LogP) is 1.52. The van der Waals surface area contributed by atoms with E-state index >= 15 is 0 Å². The summed E-state index contributed by atoms with van der Waals surface area (Å²) in [6.45, 7) is 0.360. The highest BCUT2D eigenvalue weighted by molar-refractivity contribution is 5.76. The van der Waals surface area contributed by atoms with E-state index in [1.54, 1.807) is 12.1 Å². The number of amides is 1. The molecule has 0 spiro atoms. The van der Waals surface area contributed by atoms with E-state index in [4.69, 9.17) is 5.26 Å². The van der Waals surface area contributed by atoms with Crippen molar-refractivity contribution in [1.82, 2.24) is 5.32 Å². The molecule has 1 aromatic carbocycles. The number of rotatable bonds is 5. The third kappa shape index (κ3) is 3.80. The summed E-state index contributed by atoms with van der Waals surface area (Å²) in [6, 6.07) is 9.30. The van der Waals surface area contributed by atoms with E-state index in [-0.39, 0.29) is 5.91 Å². The Kier molecular flexibility index (Phi) is 4.18. The third-order valence-electron chi connectivity index (χ3n) is 3.62. The lowest BCUT2D eigenvalue weighted by Crippen LogP contribution is -2.47. The van der Waals surface area contributed by atoms with Gasteiger partial charge in [-0.15, -0.1) is 0 Å². The lowest BCUT2D eigenvalue weighted by molar-refractivity contribution is -0.123. The molecule has 0 aromatic heterocycles. The molecule has 0 unspecified atom stereocenters. The topological polar surface area (TPSA) is 73.1 Å². The fourth-order valence-corrected chi connectivity index (χ4v) is 2.12. The largest absolute Gasteiger partial charge is 0.388 e. The van der Waals surface area contributed by atoms with Crippen molar-refractivity contribution in [3.05, 3.63) is 35.4 Å². The SMILES string of the molecule is N#Cc1ccc(CCC(=O)NCC2(O)CCC2)cc1. The number of carbonyl (C=O) groups excluding carboxylic acids is 1. The first-order valence-corrected chi connectivity index (χ1v) is 6.59. The summed E-state index contributed by atoms with van der Waals surface area (Å²) < 4.78 is 0. The second-order valence-corrected chi connectivity index (χ2v) is 5.16. The van der Waals surface area contributed by atoms with Gasteiger partial charge in [0.25, 0.3) is 0 Å². The van der Waals surface area contributed by atoms with Crippen molar-refractivity contribution in [1.29, 1.82) is 5.26 Å². The van der Waals surface area contributed by atoms with Crippen molar-refractivity contribution in [2.45, 2.75) is 37.7 Å². The van der Waals surface area contributed by atoms with Crippen molar-refractivity contribution in [3.63, 3.8) is 0 Å². The van der Waals surface area contributed by atoms with Gasteiger partial charge < -0.3 is 10.4 Å². The fraction of sp³-hybridized carbons (Fsp3) is 0.467. The summed E-state index contributed by atoms with van der Waals surface area (Å²) in [7, 11) is 0. The molecule has 1 aromatic rings. The Morgan fingerprint density at radius 3 is 2.58 bits per heavy atom. The zero-order valence-electron chi connectivity index (χ0n) is 10.9. The van der Waals surface area contributed by atoms with Crippen LogP contribution in [0.4, 0.5) is 0 Å². The van der Waals surface area contributed by atoms with Crippen molar-refractivity contribution < 1.29 is 9.90 Å². The van der Waals surface area contributed by atoms with Gasteiger partial charge in [-0.2, -0.15) is 5.26 Å². The zero-order chi connectivity index (χ0) is 13.7. The standard InChI is InChI=1S/C15H18N2O2/c16-10-13-4-2-12(3-5-13)6-7-14(18)17-11-15(19)8-1-9-15/h2-5,19H,1,6-9,11H2,(H,17,18). The number of carbonyl (C=O) groups is 1. The number of hydrogen-bond donors (Lipinski definition) is 2. The first-order chi connectivity index (χ1) is 9.11. The number of hydrogen-bond acceptors (Lipinski definition) is 3. The van der Waals surface area contributed by atoms with Crippen molar-refractivity contribution in [3.8, 4) is 6.07 Å². The Morgan fingerprint density at radius 1 is 1.37 bits per heavy atom. The summed E-state index contributed by atoms with van der Waals surface area (Å²) in [5.41, 5.74) is 1.00. The van der Waals surface area contributed by atoms with E-state index in [0.717, 1.165) is 24.8 Å². The molecule has 0 radical (unpaired) electrons. The summed E-state index contributed by atoms with van der Waals surface area (Å²) in [5, 5.41) is 21.3. The van der Waals surface area contributed by atoms with Gasteiger partial charge in [-0.1, -0.05) is 12.1 Å². The first kappa shape index (κ1) is 13.6. The maximum Gasteiger partial charge on any atom is 0.220 e. The van der Waals surface area contributed by atoms with Gasteiger partial charge in [-0.25, -0.2) is 0 Å². The van der Waals surface area contributed by atoms with Gasteiger partial charge >= 0.3 is 0 Å². The van der Waals surface area contributed by atoms with E-state index in [2.05, 4.69) is 11.4 Å². The molecule has 19 heavy (non-hydrogen) atoms. The van der Waals surface area contributed by atoms with E-state index in [1.165, 1.54) is 0 Å². The number of benzene rings is 1. The van der Waals surface area contributed by atoms with Gasteiger partial charge in [-0.3, -0.25) is 4.79 Å². The van der Waals surface area contributed by atoms with Crippen LogP contribution in [0, 0.1) is 11.3 Å². The molecule has 1 aliphatic carbocycles.